The van der Waals surface area contributed by atoms with E-state index < -0.39 is 0 Å². The first-order chi connectivity index (χ1) is 16.3. The maximum atomic E-state index is 13.5. The average Bonchev–Trinajstić information content (AvgIpc) is 3.20. The molecule has 3 aromatic rings. The molecule has 0 bridgehead atoms. The first kappa shape index (κ1) is 24.0. The summed E-state index contributed by atoms with van der Waals surface area (Å²) in [5, 5.41) is 3.80. The van der Waals surface area contributed by atoms with E-state index in [1.54, 1.807) is 31.8 Å². The Morgan fingerprint density at radius 1 is 1.12 bits per heavy atom. The number of thiophene rings is 1. The van der Waals surface area contributed by atoms with E-state index in [1.807, 2.05) is 48.5 Å². The van der Waals surface area contributed by atoms with Gasteiger partial charge in [0.05, 0.1) is 19.8 Å². The van der Waals surface area contributed by atoms with Gasteiger partial charge in [0.15, 0.2) is 0 Å². The smallest absolute Gasteiger partial charge is 0.259 e. The summed E-state index contributed by atoms with van der Waals surface area (Å²) < 4.78 is 10.9. The van der Waals surface area contributed by atoms with Crippen LogP contribution in [0, 0.1) is 11.3 Å². The van der Waals surface area contributed by atoms with Gasteiger partial charge < -0.3 is 14.8 Å². The summed E-state index contributed by atoms with van der Waals surface area (Å²) in [6, 6.07) is 15.2. The highest BCUT2D eigenvalue weighted by molar-refractivity contribution is 7.16. The van der Waals surface area contributed by atoms with Crippen molar-refractivity contribution in [3.8, 4) is 11.5 Å². The Kier molecular flexibility index (Phi) is 7.08. The van der Waals surface area contributed by atoms with E-state index in [2.05, 4.69) is 26.1 Å². The minimum absolute atomic E-state index is 0.109. The number of aliphatic imine (C=N–C) groups is 1. The van der Waals surface area contributed by atoms with Crippen LogP contribution in [0.5, 0.6) is 11.5 Å². The van der Waals surface area contributed by atoms with Crippen LogP contribution < -0.4 is 14.8 Å². The minimum atomic E-state index is -0.109. The summed E-state index contributed by atoms with van der Waals surface area (Å²) in [6.07, 6.45) is 4.71. The van der Waals surface area contributed by atoms with E-state index in [0.717, 1.165) is 46.8 Å². The highest BCUT2D eigenvalue weighted by Gasteiger charge is 2.33. The molecule has 5 nitrogen and oxygen atoms in total. The number of nitrogens with zero attached hydrogens (tertiary/aromatic N) is 1. The minimum Gasteiger partial charge on any atom is -0.497 e. The SMILES string of the molecule is COc1ccc(OC)c(C=Nc2sc3c(c2C(=O)Nc2ccccc2)CC[C@H](C(C)(C)C)C3)c1. The lowest BCUT2D eigenvalue weighted by atomic mass is 9.72. The monoisotopic (exact) mass is 476 g/mol. The number of rotatable bonds is 6. The Morgan fingerprint density at radius 3 is 2.56 bits per heavy atom. The van der Waals surface area contributed by atoms with Gasteiger partial charge in [-0.25, -0.2) is 4.99 Å². The predicted molar refractivity (Wildman–Crippen MR) is 140 cm³/mol. The third-order valence-corrected chi connectivity index (χ3v) is 7.65. The maximum Gasteiger partial charge on any atom is 0.259 e. The van der Waals surface area contributed by atoms with Gasteiger partial charge in [0.2, 0.25) is 0 Å². The molecule has 178 valence electrons. The number of methoxy groups -OCH3 is 2. The van der Waals surface area contributed by atoms with Crippen molar-refractivity contribution >= 4 is 34.1 Å². The molecule has 0 unspecified atom stereocenters. The fourth-order valence-corrected chi connectivity index (χ4v) is 5.69. The molecule has 1 aliphatic rings. The van der Waals surface area contributed by atoms with Gasteiger partial charge in [-0.05, 0) is 66.5 Å². The fraction of sp³-hybridized carbons (Fsp3) is 0.357. The molecule has 2 aromatic carbocycles. The van der Waals surface area contributed by atoms with E-state index in [4.69, 9.17) is 14.5 Å². The van der Waals surface area contributed by atoms with Gasteiger partial charge in [-0.2, -0.15) is 0 Å². The Bertz CT molecular complexity index is 1190. The van der Waals surface area contributed by atoms with Crippen LogP contribution in [0.2, 0.25) is 0 Å². The van der Waals surface area contributed by atoms with Gasteiger partial charge in [-0.3, -0.25) is 4.79 Å². The second-order valence-electron chi connectivity index (χ2n) is 9.68. The molecular formula is C28H32N2O3S. The topological polar surface area (TPSA) is 59.9 Å². The summed E-state index contributed by atoms with van der Waals surface area (Å²) in [5.74, 6) is 1.90. The molecule has 4 rings (SSSR count). The number of para-hydroxylation sites is 1. The third-order valence-electron chi connectivity index (χ3n) is 6.49. The normalized spacial score (nSPS) is 15.7. The molecule has 6 heteroatoms. The molecule has 0 aliphatic heterocycles. The van der Waals surface area contributed by atoms with Crippen molar-refractivity contribution in [2.45, 2.75) is 40.0 Å². The first-order valence-electron chi connectivity index (χ1n) is 11.6. The first-order valence-corrected chi connectivity index (χ1v) is 12.4. The van der Waals surface area contributed by atoms with Crippen LogP contribution in [0.3, 0.4) is 0 Å². The zero-order chi connectivity index (χ0) is 24.3. The zero-order valence-corrected chi connectivity index (χ0v) is 21.3. The number of amides is 1. The summed E-state index contributed by atoms with van der Waals surface area (Å²) >= 11 is 1.63. The number of fused-ring (bicyclic) bond motifs is 1. The fourth-order valence-electron chi connectivity index (χ4n) is 4.42. The lowest BCUT2D eigenvalue weighted by molar-refractivity contribution is 0.102. The predicted octanol–water partition coefficient (Wildman–Crippen LogP) is 6.92. The number of anilines is 1. The molecule has 0 saturated carbocycles. The third kappa shape index (κ3) is 5.17. The van der Waals surface area contributed by atoms with Crippen LogP contribution in [0.1, 0.15) is 53.6 Å². The van der Waals surface area contributed by atoms with Crippen molar-refractivity contribution in [1.29, 1.82) is 0 Å². The maximum absolute atomic E-state index is 13.5. The molecule has 1 atom stereocenters. The second kappa shape index (κ2) is 10.0. The molecule has 0 spiro atoms. The van der Waals surface area contributed by atoms with E-state index >= 15 is 0 Å². The largest absolute Gasteiger partial charge is 0.497 e. The van der Waals surface area contributed by atoms with Crippen LogP contribution in [0.15, 0.2) is 53.5 Å². The van der Waals surface area contributed by atoms with Crippen LogP contribution in [0.4, 0.5) is 10.7 Å². The molecule has 0 saturated heterocycles. The molecule has 34 heavy (non-hydrogen) atoms. The van der Waals surface area contributed by atoms with E-state index in [1.165, 1.54) is 4.88 Å². The molecule has 0 fully saturated rings. The number of nitrogens with one attached hydrogen (secondary N) is 1. The summed E-state index contributed by atoms with van der Waals surface area (Å²) in [7, 11) is 3.27. The van der Waals surface area contributed by atoms with Gasteiger partial charge in [-0.1, -0.05) is 39.0 Å². The van der Waals surface area contributed by atoms with Crippen molar-refractivity contribution in [2.24, 2.45) is 16.3 Å². The Balaban J connectivity index is 1.73. The van der Waals surface area contributed by atoms with E-state index in [9.17, 15) is 4.79 Å². The van der Waals surface area contributed by atoms with Gasteiger partial charge in [0.1, 0.15) is 16.5 Å². The number of benzene rings is 2. The van der Waals surface area contributed by atoms with E-state index in [0.29, 0.717) is 17.2 Å². The van der Waals surface area contributed by atoms with Crippen LogP contribution in [-0.4, -0.2) is 26.3 Å². The molecule has 1 aliphatic carbocycles. The van der Waals surface area contributed by atoms with Crippen LogP contribution >= 0.6 is 11.3 Å². The second-order valence-corrected chi connectivity index (χ2v) is 10.8. The van der Waals surface area contributed by atoms with Gasteiger partial charge in [-0.15, -0.1) is 11.3 Å². The standard InChI is InChI=1S/C28H32N2O3S/c1-28(2,3)19-11-13-22-24(16-19)34-27(25(22)26(31)30-20-9-7-6-8-10-20)29-17-18-15-21(32-4)12-14-23(18)33-5/h6-10,12,14-15,17,19H,11,13,16H2,1-5H3,(H,30,31)/t19-/m0/s1. The van der Waals surface area contributed by atoms with Crippen molar-refractivity contribution in [3.63, 3.8) is 0 Å². The number of hydrogen-bond acceptors (Lipinski definition) is 5. The van der Waals surface area contributed by atoms with Gasteiger partial charge >= 0.3 is 0 Å². The number of carbonyl (C=O) groups excluding carboxylic acids is 1. The Morgan fingerprint density at radius 2 is 1.88 bits per heavy atom. The average molecular weight is 477 g/mol. The van der Waals surface area contributed by atoms with Crippen LogP contribution in [-0.2, 0) is 12.8 Å². The van der Waals surface area contributed by atoms with Crippen molar-refractivity contribution < 1.29 is 14.3 Å². The van der Waals surface area contributed by atoms with Crippen molar-refractivity contribution in [2.75, 3.05) is 19.5 Å². The summed E-state index contributed by atoms with van der Waals surface area (Å²) in [6.45, 7) is 6.90. The van der Waals surface area contributed by atoms with E-state index in [-0.39, 0.29) is 11.3 Å². The Labute approximate surface area is 205 Å². The molecular weight excluding hydrogens is 444 g/mol. The molecule has 0 radical (unpaired) electrons. The van der Waals surface area contributed by atoms with Gasteiger partial charge in [0.25, 0.3) is 5.91 Å². The van der Waals surface area contributed by atoms with Crippen molar-refractivity contribution in [1.82, 2.24) is 0 Å². The highest BCUT2D eigenvalue weighted by Crippen LogP contribution is 2.45. The summed E-state index contributed by atoms with van der Waals surface area (Å²) in [5.41, 5.74) is 3.64. The quantitative estimate of drug-likeness (QED) is 0.393. The van der Waals surface area contributed by atoms with Gasteiger partial charge in [0, 0.05) is 22.3 Å². The number of ether oxygens (including phenoxy) is 2. The Hall–Kier alpha value is -3.12. The highest BCUT2D eigenvalue weighted by atomic mass is 32.1. The number of carbonyl (C=O) groups is 1. The molecule has 1 N–H and O–H groups in total. The number of hydrogen-bond donors (Lipinski definition) is 1. The molecule has 1 heterocycles. The molecule has 1 aromatic heterocycles. The van der Waals surface area contributed by atoms with Crippen molar-refractivity contribution in [3.05, 3.63) is 70.1 Å². The lowest BCUT2D eigenvalue weighted by Crippen LogP contribution is -2.27. The zero-order valence-electron chi connectivity index (χ0n) is 20.5. The lowest BCUT2D eigenvalue weighted by Gasteiger charge is -2.33. The van der Waals surface area contributed by atoms with Crippen LogP contribution in [0.25, 0.3) is 0 Å². The molecule has 1 amide bonds. The summed E-state index contributed by atoms with van der Waals surface area (Å²) in [4.78, 5) is 19.5.